The van der Waals surface area contributed by atoms with Crippen LogP contribution in [0.4, 0.5) is 0 Å². The summed E-state index contributed by atoms with van der Waals surface area (Å²) < 4.78 is 53.1. The van der Waals surface area contributed by atoms with Crippen LogP contribution in [0.2, 0.25) is 0 Å². The van der Waals surface area contributed by atoms with E-state index in [4.69, 9.17) is 9.29 Å². The van der Waals surface area contributed by atoms with Crippen molar-refractivity contribution in [3.05, 3.63) is 0 Å². The molecule has 0 amide bonds. The summed E-state index contributed by atoms with van der Waals surface area (Å²) >= 11 is 0. The minimum atomic E-state index is -3.59. The molecule has 1 unspecified atom stereocenters. The Morgan fingerprint density at radius 1 is 0.947 bits per heavy atom. The number of unbranched alkanes of at least 4 members (excludes halogenated alkanes) is 2. The summed E-state index contributed by atoms with van der Waals surface area (Å²) in [6, 6.07) is 0. The van der Waals surface area contributed by atoms with E-state index >= 15 is 0 Å². The molecule has 0 aliphatic carbocycles. The summed E-state index contributed by atoms with van der Waals surface area (Å²) in [5.74, 6) is 0. The zero-order valence-corrected chi connectivity index (χ0v) is 12.9. The topological polar surface area (TPSA) is 107 Å². The molecule has 19 heavy (non-hydrogen) atoms. The third kappa shape index (κ3) is 14.0. The van der Waals surface area contributed by atoms with Gasteiger partial charge in [-0.05, 0) is 19.3 Å². The molecular formula is C10H22O7S2. The molecule has 0 radical (unpaired) electrons. The largest absolute Gasteiger partial charge is 0.396 e. The second-order valence-corrected chi connectivity index (χ2v) is 7.55. The Morgan fingerprint density at radius 3 is 2.05 bits per heavy atom. The zero-order valence-electron chi connectivity index (χ0n) is 11.2. The molecule has 0 aromatic carbocycles. The summed E-state index contributed by atoms with van der Waals surface area (Å²) in [4.78, 5) is 0. The lowest BCUT2D eigenvalue weighted by molar-refractivity contribution is 0.159. The number of hydrogen-bond acceptors (Lipinski definition) is 7. The Labute approximate surface area is 115 Å². The first-order chi connectivity index (χ1) is 8.64. The van der Waals surface area contributed by atoms with E-state index in [1.807, 2.05) is 0 Å². The van der Waals surface area contributed by atoms with Crippen LogP contribution in [0, 0.1) is 0 Å². The maximum absolute atomic E-state index is 11.1. The summed E-state index contributed by atoms with van der Waals surface area (Å²) in [5.41, 5.74) is 0. The van der Waals surface area contributed by atoms with Gasteiger partial charge in [0.2, 0.25) is 0 Å². The SMILES string of the molecule is CS(=O)(=O)OCCC(CCCCCO)OS(C)(=O)=O. The normalized spacial score (nSPS) is 14.5. The van der Waals surface area contributed by atoms with Gasteiger partial charge in [-0.3, -0.25) is 8.37 Å². The Morgan fingerprint density at radius 2 is 1.58 bits per heavy atom. The van der Waals surface area contributed by atoms with E-state index in [9.17, 15) is 16.8 Å². The van der Waals surface area contributed by atoms with Crippen LogP contribution in [0.15, 0.2) is 0 Å². The van der Waals surface area contributed by atoms with E-state index in [0.29, 0.717) is 19.3 Å². The minimum Gasteiger partial charge on any atom is -0.396 e. The van der Waals surface area contributed by atoms with Crippen LogP contribution >= 0.6 is 0 Å². The molecule has 1 N–H and O–H groups in total. The monoisotopic (exact) mass is 318 g/mol. The first kappa shape index (κ1) is 18.8. The molecule has 0 heterocycles. The van der Waals surface area contributed by atoms with Crippen LogP contribution in [0.3, 0.4) is 0 Å². The van der Waals surface area contributed by atoms with Gasteiger partial charge in [0.05, 0.1) is 25.2 Å². The van der Waals surface area contributed by atoms with Gasteiger partial charge >= 0.3 is 0 Å². The van der Waals surface area contributed by atoms with Crippen LogP contribution in [0.5, 0.6) is 0 Å². The quantitative estimate of drug-likeness (QED) is 0.430. The van der Waals surface area contributed by atoms with Crippen LogP contribution in [-0.2, 0) is 28.6 Å². The lowest BCUT2D eigenvalue weighted by atomic mass is 10.1. The van der Waals surface area contributed by atoms with E-state index in [1.54, 1.807) is 0 Å². The molecule has 0 fully saturated rings. The Hall–Kier alpha value is -0.220. The second-order valence-electron chi connectivity index (χ2n) is 4.31. The molecule has 0 aliphatic heterocycles. The number of hydrogen-bond donors (Lipinski definition) is 1. The Kier molecular flexibility index (Phi) is 8.75. The molecule has 7 nitrogen and oxygen atoms in total. The van der Waals surface area contributed by atoms with E-state index in [-0.39, 0.29) is 19.6 Å². The van der Waals surface area contributed by atoms with Crippen molar-refractivity contribution >= 4 is 20.2 Å². The predicted molar refractivity (Wildman–Crippen MR) is 70.7 cm³/mol. The van der Waals surface area contributed by atoms with Crippen molar-refractivity contribution in [2.75, 3.05) is 25.7 Å². The third-order valence-electron chi connectivity index (χ3n) is 2.23. The average molecular weight is 318 g/mol. The lowest BCUT2D eigenvalue weighted by Crippen LogP contribution is -2.20. The molecule has 0 bridgehead atoms. The van der Waals surface area contributed by atoms with Gasteiger partial charge in [0.15, 0.2) is 0 Å². The Balaban J connectivity index is 4.18. The molecular weight excluding hydrogens is 296 g/mol. The van der Waals surface area contributed by atoms with Gasteiger partial charge < -0.3 is 5.11 Å². The highest BCUT2D eigenvalue weighted by atomic mass is 32.2. The predicted octanol–water partition coefficient (Wildman–Crippen LogP) is 0.250. The molecule has 9 heteroatoms. The van der Waals surface area contributed by atoms with Gasteiger partial charge in [-0.1, -0.05) is 12.8 Å². The minimum absolute atomic E-state index is 0.0921. The first-order valence-electron chi connectivity index (χ1n) is 5.97. The molecule has 0 spiro atoms. The maximum atomic E-state index is 11.1. The van der Waals surface area contributed by atoms with Crippen molar-refractivity contribution in [2.45, 2.75) is 38.2 Å². The molecule has 0 aromatic heterocycles. The number of aliphatic hydroxyl groups is 1. The van der Waals surface area contributed by atoms with Gasteiger partial charge in [0, 0.05) is 6.61 Å². The highest BCUT2D eigenvalue weighted by molar-refractivity contribution is 7.86. The summed E-state index contributed by atoms with van der Waals surface area (Å²) in [7, 11) is -7.12. The molecule has 0 saturated carbocycles. The smallest absolute Gasteiger partial charge is 0.264 e. The standard InChI is InChI=1S/C10H22O7S2/c1-18(12,13)16-9-7-10(17-19(2,14)15)6-4-3-5-8-11/h10-11H,3-9H2,1-2H3. The van der Waals surface area contributed by atoms with Gasteiger partial charge in [0.25, 0.3) is 20.2 Å². The summed E-state index contributed by atoms with van der Waals surface area (Å²) in [6.45, 7) is -0.0200. The second kappa shape index (κ2) is 8.85. The maximum Gasteiger partial charge on any atom is 0.264 e. The third-order valence-corrected chi connectivity index (χ3v) is 3.45. The van der Waals surface area contributed by atoms with E-state index in [2.05, 4.69) is 4.18 Å². The van der Waals surface area contributed by atoms with Crippen LogP contribution in [-0.4, -0.2) is 53.8 Å². The zero-order chi connectivity index (χ0) is 14.9. The molecule has 0 aromatic rings. The lowest BCUT2D eigenvalue weighted by Gasteiger charge is -2.15. The average Bonchev–Trinajstić information content (AvgIpc) is 2.20. The van der Waals surface area contributed by atoms with Gasteiger partial charge in [0.1, 0.15) is 0 Å². The molecule has 0 saturated heterocycles. The summed E-state index contributed by atoms with van der Waals surface area (Å²) in [6.07, 6.45) is 4.03. The Bertz CT molecular complexity index is 427. The van der Waals surface area contributed by atoms with Gasteiger partial charge in [-0.2, -0.15) is 16.8 Å². The van der Waals surface area contributed by atoms with Crippen molar-refractivity contribution in [3.63, 3.8) is 0 Å². The van der Waals surface area contributed by atoms with Crippen LogP contribution in [0.25, 0.3) is 0 Å². The number of rotatable bonds is 11. The first-order valence-corrected chi connectivity index (χ1v) is 9.61. The molecule has 0 rings (SSSR count). The van der Waals surface area contributed by atoms with Crippen molar-refractivity contribution in [2.24, 2.45) is 0 Å². The van der Waals surface area contributed by atoms with Gasteiger partial charge in [-0.15, -0.1) is 0 Å². The molecule has 116 valence electrons. The van der Waals surface area contributed by atoms with Crippen molar-refractivity contribution in [1.29, 1.82) is 0 Å². The van der Waals surface area contributed by atoms with Crippen LogP contribution in [0.1, 0.15) is 32.1 Å². The molecule has 0 aliphatic rings. The highest BCUT2D eigenvalue weighted by Crippen LogP contribution is 2.13. The fourth-order valence-corrected chi connectivity index (χ4v) is 2.57. The van der Waals surface area contributed by atoms with Crippen molar-refractivity contribution in [3.8, 4) is 0 Å². The fraction of sp³-hybridized carbons (Fsp3) is 1.00. The van der Waals surface area contributed by atoms with Crippen molar-refractivity contribution < 1.29 is 30.3 Å². The van der Waals surface area contributed by atoms with Gasteiger partial charge in [-0.25, -0.2) is 0 Å². The van der Waals surface area contributed by atoms with Crippen LogP contribution < -0.4 is 0 Å². The number of aliphatic hydroxyl groups excluding tert-OH is 1. The summed E-state index contributed by atoms with van der Waals surface area (Å²) in [5, 5.41) is 8.64. The highest BCUT2D eigenvalue weighted by Gasteiger charge is 2.16. The van der Waals surface area contributed by atoms with E-state index in [0.717, 1.165) is 18.9 Å². The fourth-order valence-electron chi connectivity index (χ4n) is 1.48. The van der Waals surface area contributed by atoms with E-state index in [1.165, 1.54) is 0 Å². The van der Waals surface area contributed by atoms with E-state index < -0.39 is 26.3 Å². The molecule has 1 atom stereocenters. The van der Waals surface area contributed by atoms with Crippen molar-refractivity contribution in [1.82, 2.24) is 0 Å².